The van der Waals surface area contributed by atoms with Gasteiger partial charge in [-0.05, 0) is 35.5 Å². The highest BCUT2D eigenvalue weighted by Crippen LogP contribution is 2.41. The summed E-state index contributed by atoms with van der Waals surface area (Å²) in [5.41, 5.74) is 0.703. The Morgan fingerprint density at radius 3 is 2.64 bits per heavy atom. The van der Waals surface area contributed by atoms with E-state index in [4.69, 9.17) is 9.26 Å². The number of halogens is 3. The molecule has 1 aliphatic carbocycles. The Morgan fingerprint density at radius 2 is 2.00 bits per heavy atom. The number of nitrogens with zero attached hydrogens (tertiary/aromatic N) is 3. The second-order valence-corrected chi connectivity index (χ2v) is 6.24. The lowest BCUT2D eigenvalue weighted by Gasteiger charge is -2.35. The van der Waals surface area contributed by atoms with E-state index in [1.54, 1.807) is 6.07 Å². The molecule has 4 rings (SSSR count). The van der Waals surface area contributed by atoms with Gasteiger partial charge in [-0.3, -0.25) is 0 Å². The van der Waals surface area contributed by atoms with Crippen LogP contribution in [-0.2, 0) is 0 Å². The van der Waals surface area contributed by atoms with Crippen molar-refractivity contribution in [3.63, 3.8) is 0 Å². The minimum atomic E-state index is -3.08. The molecule has 2 aromatic heterocycles. The summed E-state index contributed by atoms with van der Waals surface area (Å²) in [5, 5.41) is 12.5. The van der Waals surface area contributed by atoms with Gasteiger partial charge in [0.05, 0.1) is 18.5 Å². The van der Waals surface area contributed by atoms with Crippen molar-refractivity contribution in [1.29, 1.82) is 0 Å². The monoisotopic (exact) mass is 393 g/mol. The molecule has 10 heteroatoms. The van der Waals surface area contributed by atoms with Gasteiger partial charge in [-0.2, -0.15) is 8.78 Å². The van der Waals surface area contributed by atoms with Crippen LogP contribution >= 0.6 is 0 Å². The Morgan fingerprint density at radius 1 is 1.18 bits per heavy atom. The molecule has 146 valence electrons. The van der Waals surface area contributed by atoms with Crippen LogP contribution in [0.15, 0.2) is 41.2 Å². The summed E-state index contributed by atoms with van der Waals surface area (Å²) in [7, 11) is 0. The molecule has 2 heterocycles. The SMILES string of the molecule is Oc1cc(-c2cnc(OC3CC(c4cccc(OC(F)F)c4F)C3)cn2)on1. The third-order valence-corrected chi connectivity index (χ3v) is 4.41. The molecule has 1 saturated carbocycles. The lowest BCUT2D eigenvalue weighted by molar-refractivity contribution is -0.0524. The van der Waals surface area contributed by atoms with Crippen LogP contribution in [0.3, 0.4) is 0 Å². The van der Waals surface area contributed by atoms with Gasteiger partial charge in [0.1, 0.15) is 11.8 Å². The molecule has 1 aliphatic rings. The summed E-state index contributed by atoms with van der Waals surface area (Å²) >= 11 is 0. The maximum Gasteiger partial charge on any atom is 0.387 e. The van der Waals surface area contributed by atoms with Crippen molar-refractivity contribution in [1.82, 2.24) is 15.1 Å². The Hall–Kier alpha value is -3.30. The molecule has 7 nitrogen and oxygen atoms in total. The van der Waals surface area contributed by atoms with Gasteiger partial charge in [0.15, 0.2) is 17.3 Å². The van der Waals surface area contributed by atoms with E-state index >= 15 is 0 Å². The molecule has 0 bridgehead atoms. The molecule has 1 N–H and O–H groups in total. The second kappa shape index (κ2) is 7.37. The quantitative estimate of drug-likeness (QED) is 0.679. The summed E-state index contributed by atoms with van der Waals surface area (Å²) in [6, 6.07) is 5.51. The van der Waals surface area contributed by atoms with Crippen LogP contribution in [0, 0.1) is 5.82 Å². The molecule has 1 aromatic carbocycles. The third-order valence-electron chi connectivity index (χ3n) is 4.41. The van der Waals surface area contributed by atoms with Crippen molar-refractivity contribution in [3.05, 3.63) is 48.0 Å². The van der Waals surface area contributed by atoms with Crippen LogP contribution < -0.4 is 9.47 Å². The number of rotatable bonds is 6. The lowest BCUT2D eigenvalue weighted by atomic mass is 9.77. The zero-order chi connectivity index (χ0) is 19.7. The van der Waals surface area contributed by atoms with Crippen LogP contribution in [0.5, 0.6) is 17.5 Å². The normalized spacial score (nSPS) is 18.7. The highest BCUT2D eigenvalue weighted by molar-refractivity contribution is 5.51. The molecular formula is C18H14F3N3O4. The second-order valence-electron chi connectivity index (χ2n) is 6.24. The van der Waals surface area contributed by atoms with E-state index in [-0.39, 0.29) is 29.5 Å². The number of hydrogen-bond acceptors (Lipinski definition) is 7. The van der Waals surface area contributed by atoms with E-state index in [9.17, 15) is 18.3 Å². The van der Waals surface area contributed by atoms with Gasteiger partial charge in [-0.15, -0.1) is 0 Å². The molecule has 0 saturated heterocycles. The van der Waals surface area contributed by atoms with Gasteiger partial charge in [-0.25, -0.2) is 14.4 Å². The van der Waals surface area contributed by atoms with E-state index in [2.05, 4.69) is 19.9 Å². The standard InChI is InChI=1S/C18H14F3N3O4/c19-17-11(2-1-3-13(17)27-18(20)21)9-4-10(5-9)26-16-8-22-12(7-23-16)14-6-15(25)24-28-14/h1-3,6-10,18H,4-5H2,(H,24,25). The molecule has 0 aliphatic heterocycles. The third kappa shape index (κ3) is 3.71. The molecule has 1 fully saturated rings. The Labute approximate surface area is 156 Å². The highest BCUT2D eigenvalue weighted by atomic mass is 19.3. The summed E-state index contributed by atoms with van der Waals surface area (Å²) < 4.78 is 53.7. The Bertz CT molecular complexity index is 959. The Kier molecular flexibility index (Phi) is 4.76. The largest absolute Gasteiger partial charge is 0.491 e. The lowest BCUT2D eigenvalue weighted by Crippen LogP contribution is -2.33. The summed E-state index contributed by atoms with van der Waals surface area (Å²) in [6.07, 6.45) is 3.64. The van der Waals surface area contributed by atoms with Crippen molar-refractivity contribution in [3.8, 4) is 29.0 Å². The Balaban J connectivity index is 1.36. The van der Waals surface area contributed by atoms with Crippen molar-refractivity contribution < 1.29 is 32.3 Å². The first-order valence-corrected chi connectivity index (χ1v) is 8.37. The minimum Gasteiger partial charge on any atom is -0.491 e. The van der Waals surface area contributed by atoms with E-state index in [1.807, 2.05) is 0 Å². The van der Waals surface area contributed by atoms with E-state index in [0.29, 0.717) is 24.1 Å². The van der Waals surface area contributed by atoms with Crippen molar-refractivity contribution in [2.45, 2.75) is 31.5 Å². The molecule has 0 amide bonds. The van der Waals surface area contributed by atoms with Gasteiger partial charge in [0.25, 0.3) is 5.88 Å². The zero-order valence-electron chi connectivity index (χ0n) is 14.3. The summed E-state index contributed by atoms with van der Waals surface area (Å²) in [5.74, 6) is -1.10. The van der Waals surface area contributed by atoms with Crippen LogP contribution in [-0.4, -0.2) is 32.9 Å². The van der Waals surface area contributed by atoms with Crippen molar-refractivity contribution >= 4 is 0 Å². The average Bonchev–Trinajstić information content (AvgIpc) is 3.07. The first-order chi connectivity index (χ1) is 13.5. The van der Waals surface area contributed by atoms with Crippen LogP contribution in [0.1, 0.15) is 24.3 Å². The fraction of sp³-hybridized carbons (Fsp3) is 0.278. The van der Waals surface area contributed by atoms with Gasteiger partial charge in [-0.1, -0.05) is 12.1 Å². The predicted octanol–water partition coefficient (Wildman–Crippen LogP) is 3.90. The number of hydrogen-bond donors (Lipinski definition) is 1. The smallest absolute Gasteiger partial charge is 0.387 e. The van der Waals surface area contributed by atoms with Crippen LogP contribution in [0.25, 0.3) is 11.5 Å². The molecule has 0 radical (unpaired) electrons. The number of ether oxygens (including phenoxy) is 2. The fourth-order valence-electron chi connectivity index (χ4n) is 3.01. The molecule has 3 aromatic rings. The first kappa shape index (κ1) is 18.1. The van der Waals surface area contributed by atoms with Crippen molar-refractivity contribution in [2.75, 3.05) is 0 Å². The number of alkyl halides is 2. The first-order valence-electron chi connectivity index (χ1n) is 8.37. The summed E-state index contributed by atoms with van der Waals surface area (Å²) in [4.78, 5) is 8.24. The minimum absolute atomic E-state index is 0.157. The van der Waals surface area contributed by atoms with Gasteiger partial charge in [0.2, 0.25) is 5.88 Å². The number of benzene rings is 1. The fourth-order valence-corrected chi connectivity index (χ4v) is 3.01. The summed E-state index contributed by atoms with van der Waals surface area (Å²) in [6.45, 7) is -3.08. The highest BCUT2D eigenvalue weighted by Gasteiger charge is 2.35. The van der Waals surface area contributed by atoms with Gasteiger partial charge < -0.3 is 19.1 Å². The number of aromatic hydroxyl groups is 1. The van der Waals surface area contributed by atoms with Gasteiger partial charge in [0, 0.05) is 0 Å². The predicted molar refractivity (Wildman–Crippen MR) is 88.6 cm³/mol. The molecule has 0 atom stereocenters. The average molecular weight is 393 g/mol. The maximum absolute atomic E-state index is 14.3. The van der Waals surface area contributed by atoms with E-state index in [1.165, 1.54) is 30.6 Å². The molecule has 0 unspecified atom stereocenters. The van der Waals surface area contributed by atoms with E-state index < -0.39 is 18.2 Å². The molecule has 28 heavy (non-hydrogen) atoms. The zero-order valence-corrected chi connectivity index (χ0v) is 14.3. The maximum atomic E-state index is 14.3. The van der Waals surface area contributed by atoms with Crippen LogP contribution in [0.4, 0.5) is 13.2 Å². The van der Waals surface area contributed by atoms with E-state index in [0.717, 1.165) is 0 Å². The van der Waals surface area contributed by atoms with Crippen LogP contribution in [0.2, 0.25) is 0 Å². The van der Waals surface area contributed by atoms with Crippen molar-refractivity contribution in [2.24, 2.45) is 0 Å². The molecule has 0 spiro atoms. The molecular weight excluding hydrogens is 379 g/mol. The topological polar surface area (TPSA) is 90.5 Å². The van der Waals surface area contributed by atoms with Gasteiger partial charge >= 0.3 is 6.61 Å². The number of aromatic nitrogens is 3.